The van der Waals surface area contributed by atoms with Gasteiger partial charge in [0.15, 0.2) is 17.8 Å². The van der Waals surface area contributed by atoms with Crippen molar-refractivity contribution in [2.75, 3.05) is 0 Å². The molecule has 3 aromatic rings. The highest BCUT2D eigenvalue weighted by Gasteiger charge is 2.20. The average Bonchev–Trinajstić information content (AvgIpc) is 3.06. The molecule has 5 nitrogen and oxygen atoms in total. The van der Waals surface area contributed by atoms with E-state index >= 15 is 0 Å². The molecule has 3 rings (SSSR count). The number of pyridine rings is 1. The number of benzene rings is 1. The lowest BCUT2D eigenvalue weighted by Gasteiger charge is -2.13. The number of nitrogens with one attached hydrogen (secondary N) is 1. The second-order valence-corrected chi connectivity index (χ2v) is 5.01. The molecule has 0 saturated carbocycles. The fourth-order valence-corrected chi connectivity index (χ4v) is 2.21. The molecule has 0 aliphatic carbocycles. The van der Waals surface area contributed by atoms with E-state index < -0.39 is 0 Å². The van der Waals surface area contributed by atoms with Crippen molar-refractivity contribution in [2.24, 2.45) is 0 Å². The fourth-order valence-electron chi connectivity index (χ4n) is 2.21. The molecule has 2 heterocycles. The van der Waals surface area contributed by atoms with Gasteiger partial charge in [-0.3, -0.25) is 9.78 Å². The molecule has 0 aliphatic rings. The summed E-state index contributed by atoms with van der Waals surface area (Å²) in [6, 6.07) is 9.14. The second kappa shape index (κ2) is 6.39. The topological polar surface area (TPSA) is 68.0 Å². The van der Waals surface area contributed by atoms with E-state index in [1.54, 1.807) is 24.5 Å². The maximum absolute atomic E-state index is 13.0. The third-order valence-corrected chi connectivity index (χ3v) is 3.44. The molecule has 1 aromatic carbocycles. The summed E-state index contributed by atoms with van der Waals surface area (Å²) in [5.74, 6) is -0.405. The van der Waals surface area contributed by atoms with Gasteiger partial charge in [0.2, 0.25) is 0 Å². The number of carbonyl (C=O) groups excluding carboxylic acids is 1. The molecule has 1 amide bonds. The van der Waals surface area contributed by atoms with Gasteiger partial charge >= 0.3 is 0 Å². The molecule has 0 fully saturated rings. The van der Waals surface area contributed by atoms with Crippen LogP contribution in [-0.2, 0) is 0 Å². The van der Waals surface area contributed by atoms with Crippen LogP contribution in [0.3, 0.4) is 0 Å². The van der Waals surface area contributed by atoms with E-state index in [4.69, 9.17) is 4.42 Å². The van der Waals surface area contributed by atoms with Crippen molar-refractivity contribution in [2.45, 2.75) is 13.0 Å². The van der Waals surface area contributed by atoms with Gasteiger partial charge in [0, 0.05) is 18.0 Å². The zero-order chi connectivity index (χ0) is 16.2. The molecule has 1 N–H and O–H groups in total. The summed E-state index contributed by atoms with van der Waals surface area (Å²) in [4.78, 5) is 20.4. The Hall–Kier alpha value is -3.02. The molecule has 23 heavy (non-hydrogen) atoms. The summed E-state index contributed by atoms with van der Waals surface area (Å²) < 4.78 is 18.3. The lowest BCUT2D eigenvalue weighted by Crippen LogP contribution is -2.27. The van der Waals surface area contributed by atoms with Crippen LogP contribution in [0, 0.1) is 5.82 Å². The highest BCUT2D eigenvalue weighted by Crippen LogP contribution is 2.24. The summed E-state index contributed by atoms with van der Waals surface area (Å²) in [6.07, 6.45) is 4.53. The number of aromatic nitrogens is 2. The highest BCUT2D eigenvalue weighted by atomic mass is 19.1. The van der Waals surface area contributed by atoms with Gasteiger partial charge in [-0.05, 0) is 48.9 Å². The van der Waals surface area contributed by atoms with Gasteiger partial charge in [0.25, 0.3) is 5.91 Å². The summed E-state index contributed by atoms with van der Waals surface area (Å²) in [7, 11) is 0. The van der Waals surface area contributed by atoms with Crippen LogP contribution in [0.2, 0.25) is 0 Å². The second-order valence-electron chi connectivity index (χ2n) is 5.01. The van der Waals surface area contributed by atoms with Crippen molar-refractivity contribution in [3.8, 4) is 11.3 Å². The number of carbonyl (C=O) groups is 1. The number of nitrogens with zero attached hydrogens (tertiary/aromatic N) is 2. The van der Waals surface area contributed by atoms with Crippen LogP contribution >= 0.6 is 0 Å². The van der Waals surface area contributed by atoms with Gasteiger partial charge in [0.05, 0.1) is 6.04 Å². The monoisotopic (exact) mass is 311 g/mol. The molecule has 1 atom stereocenters. The first-order valence-electron chi connectivity index (χ1n) is 7.05. The Kier molecular flexibility index (Phi) is 4.14. The zero-order valence-corrected chi connectivity index (χ0v) is 12.4. The molecule has 6 heteroatoms. The third kappa shape index (κ3) is 3.26. The smallest absolute Gasteiger partial charge is 0.274 e. The summed E-state index contributed by atoms with van der Waals surface area (Å²) in [5, 5.41) is 2.86. The molecular weight excluding hydrogens is 297 g/mol. The number of hydrogen-bond donors (Lipinski definition) is 1. The van der Waals surface area contributed by atoms with E-state index in [9.17, 15) is 9.18 Å². The van der Waals surface area contributed by atoms with E-state index in [0.717, 1.165) is 5.56 Å². The van der Waals surface area contributed by atoms with Crippen LogP contribution in [-0.4, -0.2) is 15.9 Å². The SMILES string of the molecule is CC(NC(=O)c1ncoc1-c1ccc(F)cc1)c1ccncc1. The number of rotatable bonds is 4. The summed E-state index contributed by atoms with van der Waals surface area (Å²) >= 11 is 0. The first-order valence-corrected chi connectivity index (χ1v) is 7.05. The van der Waals surface area contributed by atoms with Crippen molar-refractivity contribution in [3.05, 3.63) is 72.3 Å². The minimum Gasteiger partial charge on any atom is -0.443 e. The standard InChI is InChI=1S/C17H14FN3O2/c1-11(12-6-8-19-9-7-12)21-17(22)15-16(23-10-20-15)13-2-4-14(18)5-3-13/h2-11H,1H3,(H,21,22). The van der Waals surface area contributed by atoms with Crippen LogP contribution in [0.25, 0.3) is 11.3 Å². The average molecular weight is 311 g/mol. The van der Waals surface area contributed by atoms with E-state index in [2.05, 4.69) is 15.3 Å². The van der Waals surface area contributed by atoms with E-state index in [0.29, 0.717) is 11.3 Å². The highest BCUT2D eigenvalue weighted by molar-refractivity contribution is 5.97. The first-order chi connectivity index (χ1) is 11.1. The third-order valence-electron chi connectivity index (χ3n) is 3.44. The summed E-state index contributed by atoms with van der Waals surface area (Å²) in [6.45, 7) is 1.87. The van der Waals surface area contributed by atoms with Gasteiger partial charge in [0.1, 0.15) is 5.82 Å². The zero-order valence-electron chi connectivity index (χ0n) is 12.4. The molecular formula is C17H14FN3O2. The molecule has 2 aromatic heterocycles. The molecule has 0 bridgehead atoms. The number of amides is 1. The van der Waals surface area contributed by atoms with Gasteiger partial charge in [-0.1, -0.05) is 0 Å². The Labute approximate surface area is 132 Å². The van der Waals surface area contributed by atoms with Crippen LogP contribution in [0.1, 0.15) is 29.0 Å². The Morgan fingerprint density at radius 3 is 2.57 bits per heavy atom. The van der Waals surface area contributed by atoms with E-state index in [-0.39, 0.29) is 23.5 Å². The van der Waals surface area contributed by atoms with E-state index in [1.165, 1.54) is 18.5 Å². The van der Waals surface area contributed by atoms with Gasteiger partial charge < -0.3 is 9.73 Å². The predicted molar refractivity (Wildman–Crippen MR) is 82.0 cm³/mol. The molecule has 0 aliphatic heterocycles. The van der Waals surface area contributed by atoms with E-state index in [1.807, 2.05) is 19.1 Å². The van der Waals surface area contributed by atoms with Crippen LogP contribution < -0.4 is 5.32 Å². The van der Waals surface area contributed by atoms with Crippen molar-refractivity contribution >= 4 is 5.91 Å². The lowest BCUT2D eigenvalue weighted by atomic mass is 10.1. The maximum atomic E-state index is 13.0. The van der Waals surface area contributed by atoms with Crippen LogP contribution in [0.4, 0.5) is 4.39 Å². The Morgan fingerprint density at radius 2 is 1.87 bits per heavy atom. The van der Waals surface area contributed by atoms with Crippen molar-refractivity contribution in [3.63, 3.8) is 0 Å². The first kappa shape index (κ1) is 14.9. The largest absolute Gasteiger partial charge is 0.443 e. The Balaban J connectivity index is 1.81. The van der Waals surface area contributed by atoms with Crippen LogP contribution in [0.15, 0.2) is 59.6 Å². The molecule has 0 radical (unpaired) electrons. The number of oxazole rings is 1. The number of hydrogen-bond acceptors (Lipinski definition) is 4. The molecule has 116 valence electrons. The van der Waals surface area contributed by atoms with Crippen LogP contribution in [0.5, 0.6) is 0 Å². The van der Waals surface area contributed by atoms with Gasteiger partial charge in [-0.15, -0.1) is 0 Å². The lowest BCUT2D eigenvalue weighted by molar-refractivity contribution is 0.0935. The Morgan fingerprint density at radius 1 is 1.17 bits per heavy atom. The fraction of sp³-hybridized carbons (Fsp3) is 0.118. The quantitative estimate of drug-likeness (QED) is 0.802. The molecule has 1 unspecified atom stereocenters. The predicted octanol–water partition coefficient (Wildman–Crippen LogP) is 3.37. The van der Waals surface area contributed by atoms with Crippen molar-refractivity contribution in [1.29, 1.82) is 0 Å². The number of halogens is 1. The molecule has 0 spiro atoms. The minimum atomic E-state index is -0.359. The Bertz CT molecular complexity index is 800. The van der Waals surface area contributed by atoms with Crippen molar-refractivity contribution < 1.29 is 13.6 Å². The normalized spacial score (nSPS) is 11.9. The molecule has 0 saturated heterocycles. The van der Waals surface area contributed by atoms with Gasteiger partial charge in [-0.25, -0.2) is 9.37 Å². The maximum Gasteiger partial charge on any atom is 0.274 e. The summed E-state index contributed by atoms with van der Waals surface area (Å²) in [5.41, 5.74) is 1.68. The van der Waals surface area contributed by atoms with Gasteiger partial charge in [-0.2, -0.15) is 0 Å². The van der Waals surface area contributed by atoms with Crippen molar-refractivity contribution in [1.82, 2.24) is 15.3 Å². The minimum absolute atomic E-state index is 0.164.